The van der Waals surface area contributed by atoms with Crippen molar-refractivity contribution < 1.29 is 19.1 Å². The van der Waals surface area contributed by atoms with Crippen LogP contribution in [0.4, 0.5) is 17.3 Å². The van der Waals surface area contributed by atoms with Gasteiger partial charge in [-0.15, -0.1) is 0 Å². The van der Waals surface area contributed by atoms with E-state index in [1.165, 1.54) is 22.7 Å². The number of ether oxygens (including phenoxy) is 2. The van der Waals surface area contributed by atoms with Gasteiger partial charge in [0, 0.05) is 68.9 Å². The summed E-state index contributed by atoms with van der Waals surface area (Å²) in [6.07, 6.45) is 5.20. The van der Waals surface area contributed by atoms with Gasteiger partial charge in [-0.05, 0) is 53.6 Å². The van der Waals surface area contributed by atoms with Gasteiger partial charge in [-0.1, -0.05) is 19.9 Å². The largest absolute Gasteiger partial charge is 0.476 e. The zero-order valence-electron chi connectivity index (χ0n) is 25.9. The van der Waals surface area contributed by atoms with Crippen molar-refractivity contribution in [1.29, 1.82) is 0 Å². The van der Waals surface area contributed by atoms with Crippen LogP contribution in [-0.4, -0.2) is 50.7 Å². The first-order valence-corrected chi connectivity index (χ1v) is 15.0. The molecule has 0 spiro atoms. The number of nitrogens with one attached hydrogen (secondary N) is 1. The lowest BCUT2D eigenvalue weighted by atomic mass is 9.90. The van der Waals surface area contributed by atoms with Gasteiger partial charge >= 0.3 is 5.97 Å². The summed E-state index contributed by atoms with van der Waals surface area (Å²) in [5, 5.41) is 3.11. The molecule has 12 heteroatoms. The summed E-state index contributed by atoms with van der Waals surface area (Å²) < 4.78 is 14.6. The van der Waals surface area contributed by atoms with Gasteiger partial charge < -0.3 is 29.7 Å². The Morgan fingerprint density at radius 3 is 2.73 bits per heavy atom. The van der Waals surface area contributed by atoms with E-state index in [0.717, 1.165) is 12.8 Å². The summed E-state index contributed by atoms with van der Waals surface area (Å²) in [7, 11) is 1.65. The Bertz CT molecular complexity index is 1860. The normalized spacial score (nSPS) is 15.0. The van der Waals surface area contributed by atoms with Crippen LogP contribution in [-0.2, 0) is 42.6 Å². The zero-order valence-corrected chi connectivity index (χ0v) is 25.9. The first-order chi connectivity index (χ1) is 21.5. The number of hydrogen-bond donors (Lipinski definition) is 2. The molecule has 4 aromatic heterocycles. The monoisotopic (exact) mass is 611 g/mol. The average molecular weight is 612 g/mol. The van der Waals surface area contributed by atoms with E-state index in [1.54, 1.807) is 54.7 Å². The summed E-state index contributed by atoms with van der Waals surface area (Å²) in [6.45, 7) is 7.46. The average Bonchev–Trinajstić information content (AvgIpc) is 3.49. The maximum Gasteiger partial charge on any atom is 0.302 e. The fourth-order valence-electron chi connectivity index (χ4n) is 6.23. The topological polar surface area (TPSA) is 147 Å². The van der Waals surface area contributed by atoms with Gasteiger partial charge in [0.25, 0.3) is 11.5 Å². The number of aryl methyl sites for hydroxylation is 1. The predicted molar refractivity (Wildman–Crippen MR) is 170 cm³/mol. The molecule has 0 aromatic carbocycles. The highest BCUT2D eigenvalue weighted by Crippen LogP contribution is 2.40. The van der Waals surface area contributed by atoms with Gasteiger partial charge in [0.2, 0.25) is 5.88 Å². The molecule has 1 aliphatic carbocycles. The molecule has 0 bridgehead atoms. The van der Waals surface area contributed by atoms with E-state index in [4.69, 9.17) is 15.2 Å². The van der Waals surface area contributed by atoms with Gasteiger partial charge in [-0.3, -0.25) is 19.3 Å². The van der Waals surface area contributed by atoms with Gasteiger partial charge in [-0.2, -0.15) is 4.98 Å². The second-order valence-corrected chi connectivity index (χ2v) is 12.3. The van der Waals surface area contributed by atoms with Crippen LogP contribution in [0.5, 0.6) is 5.88 Å². The molecule has 45 heavy (non-hydrogen) atoms. The minimum atomic E-state index is -0.459. The van der Waals surface area contributed by atoms with Crippen LogP contribution in [0.15, 0.2) is 53.6 Å². The van der Waals surface area contributed by atoms with Crippen LogP contribution in [0.25, 0.3) is 11.1 Å². The van der Waals surface area contributed by atoms with Crippen molar-refractivity contribution in [3.8, 4) is 17.0 Å². The van der Waals surface area contributed by atoms with Crippen molar-refractivity contribution in [3.05, 3.63) is 81.7 Å². The van der Waals surface area contributed by atoms with Crippen LogP contribution in [0, 0.1) is 5.41 Å². The number of aromatic nitrogens is 4. The highest BCUT2D eigenvalue weighted by atomic mass is 16.5. The molecule has 0 atom stereocenters. The zero-order chi connectivity index (χ0) is 31.9. The standard InChI is InChI=1S/C33H37N7O5/c1-20(41)45-19-24-23(22-14-25(31(42)38(4)18-22)36-28-6-5-7-29(37-28)44-13-9-34)8-10-35-30(24)40-12-11-39-26(32(40)43)15-21-16-33(2,3)17-27(21)39/h5-8,10,14-15,18H,9,11-13,16-17,19,34H2,1-4H3,(H,36,37). The van der Waals surface area contributed by atoms with Gasteiger partial charge in [0.15, 0.2) is 0 Å². The Morgan fingerprint density at radius 1 is 1.13 bits per heavy atom. The summed E-state index contributed by atoms with van der Waals surface area (Å²) in [5.74, 6) is 0.618. The lowest BCUT2D eigenvalue weighted by Gasteiger charge is -2.31. The van der Waals surface area contributed by atoms with Crippen molar-refractivity contribution in [3.63, 3.8) is 0 Å². The lowest BCUT2D eigenvalue weighted by Crippen LogP contribution is -2.41. The molecule has 0 saturated heterocycles. The van der Waals surface area contributed by atoms with E-state index < -0.39 is 5.97 Å². The number of carbonyl (C=O) groups excluding carboxylic acids is 2. The maximum atomic E-state index is 13.9. The molecule has 3 N–H and O–H groups in total. The number of pyridine rings is 3. The molecule has 234 valence electrons. The Kier molecular flexibility index (Phi) is 7.92. The summed E-state index contributed by atoms with van der Waals surface area (Å²) >= 11 is 0. The number of anilines is 3. The molecule has 5 heterocycles. The molecule has 12 nitrogen and oxygen atoms in total. The molecule has 6 rings (SSSR count). The van der Waals surface area contributed by atoms with Crippen LogP contribution in [0.1, 0.15) is 48.1 Å². The molecule has 0 unspecified atom stereocenters. The third kappa shape index (κ3) is 5.93. The van der Waals surface area contributed by atoms with E-state index >= 15 is 0 Å². The molecular formula is C33H37N7O5. The van der Waals surface area contributed by atoms with Crippen LogP contribution in [0.3, 0.4) is 0 Å². The quantitative estimate of drug-likeness (QED) is 0.271. The number of nitrogens with zero attached hydrogens (tertiary/aromatic N) is 5. The SMILES string of the molecule is CC(=O)OCc1c(-c2cc(Nc3cccc(OCCN)n3)c(=O)n(C)c2)ccnc1N1CCn2c(cc3c2CC(C)(C)C3)C1=O. The minimum absolute atomic E-state index is 0.100. The highest BCUT2D eigenvalue weighted by molar-refractivity contribution is 6.06. The number of amides is 1. The number of esters is 1. The van der Waals surface area contributed by atoms with Crippen LogP contribution >= 0.6 is 0 Å². The van der Waals surface area contributed by atoms with E-state index in [1.807, 2.05) is 6.07 Å². The van der Waals surface area contributed by atoms with Crippen molar-refractivity contribution in [2.45, 2.75) is 46.8 Å². The molecule has 2 aliphatic rings. The Labute approximate surface area is 260 Å². The third-order valence-corrected chi connectivity index (χ3v) is 8.18. The maximum absolute atomic E-state index is 13.9. The fraction of sp³-hybridized carbons (Fsp3) is 0.364. The fourth-order valence-corrected chi connectivity index (χ4v) is 6.23. The van der Waals surface area contributed by atoms with Crippen molar-refractivity contribution in [2.75, 3.05) is 29.9 Å². The van der Waals surface area contributed by atoms with E-state index in [9.17, 15) is 14.4 Å². The van der Waals surface area contributed by atoms with Crippen molar-refractivity contribution in [2.24, 2.45) is 18.2 Å². The molecule has 0 fully saturated rings. The number of hydrogen-bond acceptors (Lipinski definition) is 9. The molecule has 1 aliphatic heterocycles. The van der Waals surface area contributed by atoms with Crippen LogP contribution in [0.2, 0.25) is 0 Å². The number of nitrogens with two attached hydrogens (primary N) is 1. The predicted octanol–water partition coefficient (Wildman–Crippen LogP) is 3.57. The van der Waals surface area contributed by atoms with E-state index in [2.05, 4.69) is 33.7 Å². The molecule has 0 radical (unpaired) electrons. The summed E-state index contributed by atoms with van der Waals surface area (Å²) in [4.78, 5) is 49.8. The van der Waals surface area contributed by atoms with Crippen LogP contribution < -0.4 is 26.2 Å². The number of rotatable bonds is 9. The summed E-state index contributed by atoms with van der Waals surface area (Å²) in [5.41, 5.74) is 10.7. The molecular weight excluding hydrogens is 574 g/mol. The molecule has 0 saturated carbocycles. The minimum Gasteiger partial charge on any atom is -0.476 e. The second kappa shape index (κ2) is 11.8. The second-order valence-electron chi connectivity index (χ2n) is 12.3. The number of carbonyl (C=O) groups is 2. The molecule has 4 aromatic rings. The van der Waals surface area contributed by atoms with E-state index in [-0.39, 0.29) is 29.2 Å². The smallest absolute Gasteiger partial charge is 0.302 e. The van der Waals surface area contributed by atoms with Gasteiger partial charge in [0.05, 0.1) is 0 Å². The van der Waals surface area contributed by atoms with Gasteiger partial charge in [0.1, 0.15) is 36.2 Å². The first kappa shape index (κ1) is 30.1. The highest BCUT2D eigenvalue weighted by Gasteiger charge is 2.37. The number of fused-ring (bicyclic) bond motifs is 3. The van der Waals surface area contributed by atoms with E-state index in [0.29, 0.717) is 66.1 Å². The third-order valence-electron chi connectivity index (χ3n) is 8.18. The summed E-state index contributed by atoms with van der Waals surface area (Å²) in [6, 6.07) is 10.7. The lowest BCUT2D eigenvalue weighted by molar-refractivity contribution is -0.142. The first-order valence-electron chi connectivity index (χ1n) is 15.0. The Morgan fingerprint density at radius 2 is 1.96 bits per heavy atom. The van der Waals surface area contributed by atoms with Crippen molar-refractivity contribution >= 4 is 29.2 Å². The Balaban J connectivity index is 1.38. The molecule has 1 amide bonds. The van der Waals surface area contributed by atoms with Crippen molar-refractivity contribution in [1.82, 2.24) is 19.1 Å². The van der Waals surface area contributed by atoms with Gasteiger partial charge in [-0.25, -0.2) is 4.98 Å². The Hall–Kier alpha value is -4.97.